The number of hydrogen-bond donors (Lipinski definition) is 0. The van der Waals surface area contributed by atoms with Gasteiger partial charge in [-0.2, -0.15) is 0 Å². The minimum Gasteiger partial charge on any atom is -0.493 e. The third-order valence-electron chi connectivity index (χ3n) is 6.40. The predicted molar refractivity (Wildman–Crippen MR) is 121 cm³/mol. The van der Waals surface area contributed by atoms with Crippen LogP contribution in [0.25, 0.3) is 11.0 Å². The Morgan fingerprint density at radius 2 is 1.97 bits per heavy atom. The summed E-state index contributed by atoms with van der Waals surface area (Å²) in [5, 5.41) is 5.63. The summed E-state index contributed by atoms with van der Waals surface area (Å²) < 4.78 is 12.0. The molecular weight excluding hydrogens is 374 g/mol. The molecule has 0 amide bonds. The van der Waals surface area contributed by atoms with E-state index in [0.29, 0.717) is 0 Å². The average Bonchev–Trinajstić information content (AvgIpc) is 3.48. The van der Waals surface area contributed by atoms with Gasteiger partial charge in [0.2, 0.25) is 0 Å². The number of likely N-dealkylation sites (tertiary alicyclic amines) is 1. The Morgan fingerprint density at radius 1 is 1.17 bits per heavy atom. The zero-order valence-corrected chi connectivity index (χ0v) is 18.7. The first-order chi connectivity index (χ1) is 14.6. The normalized spacial score (nSPS) is 18.0. The number of hydrogen-bond acceptors (Lipinski definition) is 5. The lowest BCUT2D eigenvalue weighted by atomic mass is 9.91. The van der Waals surface area contributed by atoms with Gasteiger partial charge in [0.15, 0.2) is 5.58 Å². The van der Waals surface area contributed by atoms with E-state index >= 15 is 0 Å². The molecular formula is C25H35N3O2. The Morgan fingerprint density at radius 3 is 2.67 bits per heavy atom. The lowest BCUT2D eigenvalue weighted by Gasteiger charge is -2.30. The molecule has 2 fully saturated rings. The molecule has 2 aromatic rings. The van der Waals surface area contributed by atoms with Gasteiger partial charge in [0.1, 0.15) is 5.75 Å². The zero-order chi connectivity index (χ0) is 20.9. The third kappa shape index (κ3) is 5.36. The summed E-state index contributed by atoms with van der Waals surface area (Å²) in [6.07, 6.45) is 7.26. The van der Waals surface area contributed by atoms with E-state index in [9.17, 15) is 0 Å². The Bertz CT molecular complexity index is 896. The molecule has 0 radical (unpaired) electrons. The van der Waals surface area contributed by atoms with E-state index < -0.39 is 0 Å². The van der Waals surface area contributed by atoms with Crippen molar-refractivity contribution in [3.63, 3.8) is 0 Å². The van der Waals surface area contributed by atoms with Gasteiger partial charge in [0.05, 0.1) is 24.4 Å². The number of aromatic nitrogens is 1. The van der Waals surface area contributed by atoms with Gasteiger partial charge in [-0.1, -0.05) is 11.1 Å². The zero-order valence-electron chi connectivity index (χ0n) is 18.7. The maximum absolute atomic E-state index is 6.14. The second kappa shape index (κ2) is 9.85. The number of ether oxygens (including phenoxy) is 1. The van der Waals surface area contributed by atoms with Gasteiger partial charge in [-0.15, -0.1) is 5.92 Å². The highest BCUT2D eigenvalue weighted by molar-refractivity contribution is 5.84. The van der Waals surface area contributed by atoms with Crippen LogP contribution in [0.5, 0.6) is 5.75 Å². The standard InChI is InChI=1S/C25H35N3O2/c1-4-5-14-28-15-12-19(13-16-28)8-10-23-21-9-11-24(29-18-20-6-7-20)22(17-27(2)3)25(21)30-26-23/h9,11,19-20H,6-8,10,12-18H2,1-3H3. The van der Waals surface area contributed by atoms with Gasteiger partial charge in [0, 0.05) is 11.9 Å². The predicted octanol–water partition coefficient (Wildman–Crippen LogP) is 4.35. The number of benzene rings is 1. The number of piperidine rings is 1. The van der Waals surface area contributed by atoms with Gasteiger partial charge in [-0.25, -0.2) is 0 Å². The van der Waals surface area contributed by atoms with Crippen molar-refractivity contribution in [1.29, 1.82) is 0 Å². The van der Waals surface area contributed by atoms with Gasteiger partial charge in [-0.05, 0) is 96.6 Å². The lowest BCUT2D eigenvalue weighted by Crippen LogP contribution is -2.34. The van der Waals surface area contributed by atoms with Crippen LogP contribution in [-0.2, 0) is 13.0 Å². The molecule has 1 aliphatic heterocycles. The fraction of sp³-hybridized carbons (Fsp3) is 0.640. The molecule has 2 heterocycles. The van der Waals surface area contributed by atoms with E-state index in [1.54, 1.807) is 0 Å². The molecule has 0 spiro atoms. The quantitative estimate of drug-likeness (QED) is 0.576. The van der Waals surface area contributed by atoms with Crippen LogP contribution in [-0.4, -0.2) is 55.3 Å². The van der Waals surface area contributed by atoms with Crippen LogP contribution in [0.15, 0.2) is 16.7 Å². The topological polar surface area (TPSA) is 41.7 Å². The van der Waals surface area contributed by atoms with E-state index in [1.807, 2.05) is 6.92 Å². The highest BCUT2D eigenvalue weighted by Gasteiger charge is 2.24. The summed E-state index contributed by atoms with van der Waals surface area (Å²) in [6, 6.07) is 4.27. The number of rotatable bonds is 9. The van der Waals surface area contributed by atoms with Crippen molar-refractivity contribution in [2.45, 2.75) is 52.0 Å². The summed E-state index contributed by atoms with van der Waals surface area (Å²) in [5.74, 6) is 8.65. The fourth-order valence-electron chi connectivity index (χ4n) is 4.33. The van der Waals surface area contributed by atoms with Gasteiger partial charge >= 0.3 is 0 Å². The van der Waals surface area contributed by atoms with Crippen molar-refractivity contribution >= 4 is 11.0 Å². The maximum Gasteiger partial charge on any atom is 0.175 e. The minimum atomic E-state index is 0.735. The van der Waals surface area contributed by atoms with Crippen LogP contribution < -0.4 is 4.74 Å². The van der Waals surface area contributed by atoms with E-state index in [4.69, 9.17) is 9.26 Å². The molecule has 1 saturated carbocycles. The highest BCUT2D eigenvalue weighted by atomic mass is 16.5. The number of fused-ring (bicyclic) bond motifs is 1. The lowest BCUT2D eigenvalue weighted by molar-refractivity contribution is 0.197. The Kier molecular flexibility index (Phi) is 6.97. The summed E-state index contributed by atoms with van der Waals surface area (Å²) >= 11 is 0. The van der Waals surface area contributed by atoms with E-state index in [0.717, 1.165) is 79.0 Å². The highest BCUT2D eigenvalue weighted by Crippen LogP contribution is 2.35. The molecule has 0 atom stereocenters. The summed E-state index contributed by atoms with van der Waals surface area (Å²) in [7, 11) is 4.17. The van der Waals surface area contributed by atoms with Crippen LogP contribution in [0.1, 0.15) is 50.3 Å². The molecule has 0 bridgehead atoms. The molecule has 2 aliphatic rings. The van der Waals surface area contributed by atoms with Crippen LogP contribution in [0.3, 0.4) is 0 Å². The van der Waals surface area contributed by atoms with Crippen molar-refractivity contribution < 1.29 is 9.26 Å². The van der Waals surface area contributed by atoms with Gasteiger partial charge in [-0.3, -0.25) is 4.90 Å². The fourth-order valence-corrected chi connectivity index (χ4v) is 4.33. The average molecular weight is 410 g/mol. The second-order valence-electron chi connectivity index (χ2n) is 9.23. The van der Waals surface area contributed by atoms with Crippen molar-refractivity contribution in [2.75, 3.05) is 40.3 Å². The van der Waals surface area contributed by atoms with Gasteiger partial charge in [0.25, 0.3) is 0 Å². The smallest absolute Gasteiger partial charge is 0.175 e. The monoisotopic (exact) mass is 409 g/mol. The first-order valence-electron chi connectivity index (χ1n) is 11.4. The van der Waals surface area contributed by atoms with Crippen molar-refractivity contribution in [3.05, 3.63) is 23.4 Å². The summed E-state index contributed by atoms with van der Waals surface area (Å²) in [4.78, 5) is 4.63. The molecule has 4 rings (SSSR count). The van der Waals surface area contributed by atoms with Crippen LogP contribution in [0.4, 0.5) is 0 Å². The van der Waals surface area contributed by atoms with Crippen LogP contribution in [0, 0.1) is 23.7 Å². The van der Waals surface area contributed by atoms with Gasteiger partial charge < -0.3 is 14.2 Å². The van der Waals surface area contributed by atoms with Crippen molar-refractivity contribution in [1.82, 2.24) is 15.0 Å². The Labute approximate surface area is 180 Å². The molecule has 162 valence electrons. The second-order valence-corrected chi connectivity index (χ2v) is 9.23. The molecule has 5 heteroatoms. The SMILES string of the molecule is CC#CCN1CCC(CCc2noc3c(CN(C)C)c(OCC4CC4)ccc23)CC1. The minimum absolute atomic E-state index is 0.735. The van der Waals surface area contributed by atoms with Crippen LogP contribution >= 0.6 is 0 Å². The van der Waals surface area contributed by atoms with E-state index in [-0.39, 0.29) is 0 Å². The number of nitrogens with zero attached hydrogens (tertiary/aromatic N) is 3. The Hall–Kier alpha value is -2.03. The molecule has 0 unspecified atom stereocenters. The molecule has 1 aliphatic carbocycles. The maximum atomic E-state index is 6.14. The summed E-state index contributed by atoms with van der Waals surface area (Å²) in [6.45, 7) is 6.76. The number of aryl methyl sites for hydroxylation is 1. The molecule has 1 aromatic carbocycles. The third-order valence-corrected chi connectivity index (χ3v) is 6.40. The molecule has 30 heavy (non-hydrogen) atoms. The van der Waals surface area contributed by atoms with Crippen molar-refractivity contribution in [3.8, 4) is 17.6 Å². The van der Waals surface area contributed by atoms with Crippen LogP contribution in [0.2, 0.25) is 0 Å². The van der Waals surface area contributed by atoms with Crippen molar-refractivity contribution in [2.24, 2.45) is 11.8 Å². The largest absolute Gasteiger partial charge is 0.493 e. The molecule has 0 N–H and O–H groups in total. The van der Waals surface area contributed by atoms with E-state index in [2.05, 4.69) is 53.0 Å². The first-order valence-corrected chi connectivity index (χ1v) is 11.4. The molecule has 5 nitrogen and oxygen atoms in total. The molecule has 1 saturated heterocycles. The summed E-state index contributed by atoms with van der Waals surface area (Å²) in [5.41, 5.74) is 3.13. The first kappa shape index (κ1) is 21.2. The van der Waals surface area contributed by atoms with E-state index in [1.165, 1.54) is 32.1 Å². The molecule has 1 aromatic heterocycles. The Balaban J connectivity index is 1.41.